The molecule has 1 aliphatic rings. The fraction of sp³-hybridized carbons (Fsp3) is 0.929. The highest BCUT2D eigenvalue weighted by atomic mass is 32.2. The Kier molecular flexibility index (Phi) is 7.80. The SMILES string of the molecule is CSCCCCCNCC1(O)CCC(C(=O)O)CC1. The van der Waals surface area contributed by atoms with Crippen LogP contribution < -0.4 is 5.32 Å². The number of hydrogen-bond acceptors (Lipinski definition) is 4. The van der Waals surface area contributed by atoms with Gasteiger partial charge in [-0.05, 0) is 57.1 Å². The van der Waals surface area contributed by atoms with E-state index in [4.69, 9.17) is 5.11 Å². The summed E-state index contributed by atoms with van der Waals surface area (Å²) < 4.78 is 0. The van der Waals surface area contributed by atoms with Crippen LogP contribution in [0.5, 0.6) is 0 Å². The average molecular weight is 289 g/mol. The number of thioether (sulfide) groups is 1. The minimum Gasteiger partial charge on any atom is -0.481 e. The molecule has 1 rings (SSSR count). The first-order valence-corrected chi connectivity index (χ1v) is 8.62. The Hall–Kier alpha value is -0.260. The van der Waals surface area contributed by atoms with Crippen LogP contribution >= 0.6 is 11.8 Å². The zero-order valence-corrected chi connectivity index (χ0v) is 12.7. The highest BCUT2D eigenvalue weighted by Crippen LogP contribution is 2.31. The van der Waals surface area contributed by atoms with Crippen molar-refractivity contribution in [3.05, 3.63) is 0 Å². The van der Waals surface area contributed by atoms with E-state index in [1.807, 2.05) is 11.8 Å². The van der Waals surface area contributed by atoms with Crippen molar-refractivity contribution in [2.24, 2.45) is 5.92 Å². The van der Waals surface area contributed by atoms with Crippen molar-refractivity contribution in [3.63, 3.8) is 0 Å². The van der Waals surface area contributed by atoms with E-state index >= 15 is 0 Å². The minimum absolute atomic E-state index is 0.258. The maximum absolute atomic E-state index is 10.9. The summed E-state index contributed by atoms with van der Waals surface area (Å²) in [6.45, 7) is 1.54. The predicted octanol–water partition coefficient (Wildman–Crippen LogP) is 2.12. The van der Waals surface area contributed by atoms with E-state index in [9.17, 15) is 9.90 Å². The lowest BCUT2D eigenvalue weighted by molar-refractivity contribution is -0.144. The number of rotatable bonds is 9. The number of aliphatic hydroxyl groups is 1. The number of hydrogen-bond donors (Lipinski definition) is 3. The fourth-order valence-corrected chi connectivity index (χ4v) is 3.07. The van der Waals surface area contributed by atoms with E-state index in [1.165, 1.54) is 18.6 Å². The topological polar surface area (TPSA) is 69.6 Å². The van der Waals surface area contributed by atoms with Crippen LogP contribution in [0.15, 0.2) is 0 Å². The van der Waals surface area contributed by atoms with Gasteiger partial charge in [-0.25, -0.2) is 0 Å². The Bertz CT molecular complexity index is 265. The smallest absolute Gasteiger partial charge is 0.306 e. The summed E-state index contributed by atoms with van der Waals surface area (Å²) in [5, 5.41) is 22.6. The standard InChI is InChI=1S/C14H27NO3S/c1-19-10-4-2-3-9-15-11-14(18)7-5-12(6-8-14)13(16)17/h12,15,18H,2-11H2,1H3,(H,16,17). The first-order chi connectivity index (χ1) is 9.07. The Morgan fingerprint density at radius 1 is 1.32 bits per heavy atom. The van der Waals surface area contributed by atoms with E-state index in [1.54, 1.807) is 0 Å². The van der Waals surface area contributed by atoms with Gasteiger partial charge in [0.25, 0.3) is 0 Å². The second-order valence-electron chi connectivity index (χ2n) is 5.57. The van der Waals surface area contributed by atoms with E-state index < -0.39 is 11.6 Å². The zero-order valence-electron chi connectivity index (χ0n) is 11.9. The maximum atomic E-state index is 10.9. The molecule has 112 valence electrons. The Morgan fingerprint density at radius 2 is 2.00 bits per heavy atom. The van der Waals surface area contributed by atoms with Gasteiger partial charge in [0, 0.05) is 6.54 Å². The van der Waals surface area contributed by atoms with Gasteiger partial charge in [-0.3, -0.25) is 4.79 Å². The summed E-state index contributed by atoms with van der Waals surface area (Å²) in [6.07, 6.45) is 8.16. The molecule has 0 aromatic carbocycles. The molecule has 3 N–H and O–H groups in total. The molecule has 1 saturated carbocycles. The van der Waals surface area contributed by atoms with Gasteiger partial charge in [0.1, 0.15) is 0 Å². The van der Waals surface area contributed by atoms with Crippen LogP contribution in [0.3, 0.4) is 0 Å². The van der Waals surface area contributed by atoms with Crippen LogP contribution in [0.25, 0.3) is 0 Å². The van der Waals surface area contributed by atoms with Crippen LogP contribution in [0.1, 0.15) is 44.9 Å². The van der Waals surface area contributed by atoms with Gasteiger partial charge >= 0.3 is 5.97 Å². The normalized spacial score (nSPS) is 27.4. The fourth-order valence-electron chi connectivity index (χ4n) is 2.57. The highest BCUT2D eigenvalue weighted by Gasteiger charge is 2.35. The summed E-state index contributed by atoms with van der Waals surface area (Å²) in [5.74, 6) is 0.246. The van der Waals surface area contributed by atoms with E-state index in [0.717, 1.165) is 13.0 Å². The molecule has 0 aromatic heterocycles. The number of carboxylic acids is 1. The summed E-state index contributed by atoms with van der Waals surface area (Å²) in [6, 6.07) is 0. The van der Waals surface area contributed by atoms with Crippen molar-refractivity contribution in [1.29, 1.82) is 0 Å². The summed E-state index contributed by atoms with van der Waals surface area (Å²) >= 11 is 1.88. The zero-order chi connectivity index (χ0) is 14.1. The number of unbranched alkanes of at least 4 members (excludes halogenated alkanes) is 2. The number of nitrogens with one attached hydrogen (secondary N) is 1. The highest BCUT2D eigenvalue weighted by molar-refractivity contribution is 7.98. The van der Waals surface area contributed by atoms with Gasteiger partial charge in [0.15, 0.2) is 0 Å². The number of carboxylic acid groups (broad SMARTS) is 1. The molecule has 0 aliphatic heterocycles. The van der Waals surface area contributed by atoms with E-state index in [0.29, 0.717) is 32.2 Å². The first-order valence-electron chi connectivity index (χ1n) is 7.22. The quantitative estimate of drug-likeness (QED) is 0.567. The first kappa shape index (κ1) is 16.8. The molecule has 5 heteroatoms. The molecule has 1 aliphatic carbocycles. The van der Waals surface area contributed by atoms with Crippen molar-refractivity contribution < 1.29 is 15.0 Å². The van der Waals surface area contributed by atoms with Gasteiger partial charge in [0.05, 0.1) is 11.5 Å². The molecule has 0 saturated heterocycles. The number of carbonyl (C=O) groups is 1. The molecule has 19 heavy (non-hydrogen) atoms. The summed E-state index contributed by atoms with van der Waals surface area (Å²) in [4.78, 5) is 10.9. The molecule has 0 unspecified atom stereocenters. The monoisotopic (exact) mass is 289 g/mol. The van der Waals surface area contributed by atoms with Gasteiger partial charge in [-0.1, -0.05) is 6.42 Å². The minimum atomic E-state index is -0.719. The van der Waals surface area contributed by atoms with Crippen molar-refractivity contribution in [2.45, 2.75) is 50.5 Å². The third-order valence-corrected chi connectivity index (χ3v) is 4.62. The third kappa shape index (κ3) is 6.63. The average Bonchev–Trinajstić information content (AvgIpc) is 2.38. The Balaban J connectivity index is 2.07. The molecule has 4 nitrogen and oxygen atoms in total. The summed E-state index contributed by atoms with van der Waals surface area (Å²) in [7, 11) is 0. The Morgan fingerprint density at radius 3 is 2.58 bits per heavy atom. The third-order valence-electron chi connectivity index (χ3n) is 3.92. The van der Waals surface area contributed by atoms with Crippen LogP contribution in [0.4, 0.5) is 0 Å². The molecule has 0 spiro atoms. The maximum Gasteiger partial charge on any atom is 0.306 e. The van der Waals surface area contributed by atoms with Crippen molar-refractivity contribution in [3.8, 4) is 0 Å². The molecule has 1 fully saturated rings. The molecule has 0 amide bonds. The molecule has 0 heterocycles. The number of aliphatic carboxylic acids is 1. The van der Waals surface area contributed by atoms with E-state index in [-0.39, 0.29) is 5.92 Å². The van der Waals surface area contributed by atoms with Crippen LogP contribution in [0.2, 0.25) is 0 Å². The van der Waals surface area contributed by atoms with Gasteiger partial charge in [0.2, 0.25) is 0 Å². The molecular formula is C14H27NO3S. The lowest BCUT2D eigenvalue weighted by atomic mass is 9.79. The largest absolute Gasteiger partial charge is 0.481 e. The van der Waals surface area contributed by atoms with Crippen LogP contribution in [-0.2, 0) is 4.79 Å². The lowest BCUT2D eigenvalue weighted by Gasteiger charge is -2.34. The van der Waals surface area contributed by atoms with Gasteiger partial charge < -0.3 is 15.5 Å². The molecule has 0 aromatic rings. The van der Waals surface area contributed by atoms with Crippen LogP contribution in [0, 0.1) is 5.92 Å². The lowest BCUT2D eigenvalue weighted by Crippen LogP contribution is -2.44. The van der Waals surface area contributed by atoms with Gasteiger partial charge in [-0.15, -0.1) is 0 Å². The molecule has 0 atom stereocenters. The van der Waals surface area contributed by atoms with Gasteiger partial charge in [-0.2, -0.15) is 11.8 Å². The van der Waals surface area contributed by atoms with Crippen molar-refractivity contribution in [2.75, 3.05) is 25.1 Å². The second kappa shape index (κ2) is 8.82. The second-order valence-corrected chi connectivity index (χ2v) is 6.55. The summed E-state index contributed by atoms with van der Waals surface area (Å²) in [5.41, 5.74) is -0.689. The predicted molar refractivity (Wildman–Crippen MR) is 79.6 cm³/mol. The van der Waals surface area contributed by atoms with Crippen LogP contribution in [-0.4, -0.2) is 46.9 Å². The molecular weight excluding hydrogens is 262 g/mol. The Labute approximate surface area is 120 Å². The molecule has 0 radical (unpaired) electrons. The van der Waals surface area contributed by atoms with Crippen molar-refractivity contribution >= 4 is 17.7 Å². The van der Waals surface area contributed by atoms with Crippen molar-refractivity contribution in [1.82, 2.24) is 5.32 Å². The van der Waals surface area contributed by atoms with E-state index in [2.05, 4.69) is 11.6 Å². The molecule has 0 bridgehead atoms.